The zero-order valence-electron chi connectivity index (χ0n) is 20.6. The molecule has 0 N–H and O–H groups in total. The third-order valence-corrected chi connectivity index (χ3v) is 5.50. The molecule has 0 amide bonds. The van der Waals surface area contributed by atoms with Crippen LogP contribution in [-0.4, -0.2) is 41.0 Å². The normalized spacial score (nSPS) is 12.5. The van der Waals surface area contributed by atoms with Gasteiger partial charge >= 0.3 is 17.9 Å². The van der Waals surface area contributed by atoms with Crippen LogP contribution < -0.4 is 0 Å². The Morgan fingerprint density at radius 2 is 1.26 bits per heavy atom. The second-order valence-corrected chi connectivity index (χ2v) is 10.6. The van der Waals surface area contributed by atoms with E-state index in [2.05, 4.69) is 19.1 Å². The Balaban J connectivity index is 3.77. The molecule has 198 valence electrons. The van der Waals surface area contributed by atoms with Crippen LogP contribution in [0.25, 0.3) is 0 Å². The molecular formula is C25H41Cl3O6. The van der Waals surface area contributed by atoms with E-state index in [1.807, 2.05) is 0 Å². The van der Waals surface area contributed by atoms with Gasteiger partial charge in [0.2, 0.25) is 0 Å². The van der Waals surface area contributed by atoms with E-state index in [1.165, 1.54) is 51.9 Å². The van der Waals surface area contributed by atoms with Crippen molar-refractivity contribution in [2.75, 3.05) is 13.2 Å². The molecular weight excluding hydrogens is 503 g/mol. The van der Waals surface area contributed by atoms with Crippen LogP contribution in [0.2, 0.25) is 0 Å². The summed E-state index contributed by atoms with van der Waals surface area (Å²) >= 11 is 16.2. The fourth-order valence-corrected chi connectivity index (χ4v) is 3.36. The van der Waals surface area contributed by atoms with E-state index in [0.717, 1.165) is 38.5 Å². The van der Waals surface area contributed by atoms with Gasteiger partial charge in [-0.2, -0.15) is 0 Å². The Morgan fingerprint density at radius 3 is 1.79 bits per heavy atom. The van der Waals surface area contributed by atoms with Gasteiger partial charge in [0.25, 0.3) is 3.79 Å². The first-order chi connectivity index (χ1) is 16.2. The fourth-order valence-electron chi connectivity index (χ4n) is 3.20. The lowest BCUT2D eigenvalue weighted by atomic mass is 10.1. The Labute approximate surface area is 220 Å². The summed E-state index contributed by atoms with van der Waals surface area (Å²) in [7, 11) is 0. The molecule has 0 bridgehead atoms. The van der Waals surface area contributed by atoms with Crippen LogP contribution in [0.4, 0.5) is 0 Å². The predicted molar refractivity (Wildman–Crippen MR) is 137 cm³/mol. The van der Waals surface area contributed by atoms with Gasteiger partial charge in [-0.25, -0.2) is 4.79 Å². The lowest BCUT2D eigenvalue weighted by molar-refractivity contribution is -0.165. The molecule has 0 saturated heterocycles. The number of carbonyl (C=O) groups excluding carboxylic acids is 3. The number of esters is 3. The zero-order chi connectivity index (χ0) is 25.7. The van der Waals surface area contributed by atoms with Crippen molar-refractivity contribution in [1.29, 1.82) is 0 Å². The summed E-state index contributed by atoms with van der Waals surface area (Å²) in [6.07, 6.45) is 19.2. The minimum absolute atomic E-state index is 0.239. The third-order valence-electron chi connectivity index (χ3n) is 5.04. The number of hydrogen-bond acceptors (Lipinski definition) is 6. The van der Waals surface area contributed by atoms with Crippen LogP contribution in [-0.2, 0) is 28.6 Å². The average Bonchev–Trinajstić information content (AvgIpc) is 2.77. The molecule has 0 rings (SSSR count). The highest BCUT2D eigenvalue weighted by Gasteiger charge is 2.33. The highest BCUT2D eigenvalue weighted by molar-refractivity contribution is 6.75. The van der Waals surface area contributed by atoms with Crippen LogP contribution in [0, 0.1) is 0 Å². The standard InChI is InChI=1S/C25H41Cl3O6/c1-3-4-5-6-7-8-9-10-11-12-13-14-15-16-17-18-23(30)32-19-22(34-21(2)29)20-33-24(31)25(26,27)28/h10-11,22H,3-9,12-20H2,1-2H3/b11-10-. The maximum Gasteiger partial charge on any atom is 0.358 e. The van der Waals surface area contributed by atoms with Gasteiger partial charge in [-0.3, -0.25) is 9.59 Å². The Morgan fingerprint density at radius 1 is 0.765 bits per heavy atom. The van der Waals surface area contributed by atoms with Crippen LogP contribution >= 0.6 is 34.8 Å². The highest BCUT2D eigenvalue weighted by Crippen LogP contribution is 2.27. The first-order valence-corrected chi connectivity index (χ1v) is 13.5. The summed E-state index contributed by atoms with van der Waals surface area (Å²) < 4.78 is 12.6. The van der Waals surface area contributed by atoms with E-state index < -0.39 is 27.8 Å². The Kier molecular flexibility index (Phi) is 20.7. The van der Waals surface area contributed by atoms with E-state index in [0.29, 0.717) is 0 Å². The van der Waals surface area contributed by atoms with E-state index >= 15 is 0 Å². The maximum absolute atomic E-state index is 11.9. The Hall–Kier alpha value is -0.980. The van der Waals surface area contributed by atoms with Crippen molar-refractivity contribution < 1.29 is 28.6 Å². The molecule has 0 aromatic heterocycles. The van der Waals surface area contributed by atoms with Crippen LogP contribution in [0.5, 0.6) is 0 Å². The van der Waals surface area contributed by atoms with Gasteiger partial charge < -0.3 is 14.2 Å². The van der Waals surface area contributed by atoms with E-state index in [4.69, 9.17) is 49.0 Å². The first-order valence-electron chi connectivity index (χ1n) is 12.4. The summed E-state index contributed by atoms with van der Waals surface area (Å²) in [4.78, 5) is 34.6. The van der Waals surface area contributed by atoms with E-state index in [9.17, 15) is 14.4 Å². The van der Waals surface area contributed by atoms with Gasteiger partial charge in [-0.05, 0) is 32.1 Å². The summed E-state index contributed by atoms with van der Waals surface area (Å²) in [5.41, 5.74) is 0. The first kappa shape index (κ1) is 33.0. The molecule has 0 aromatic rings. The maximum atomic E-state index is 11.9. The third kappa shape index (κ3) is 21.5. The molecule has 0 saturated carbocycles. The average molecular weight is 544 g/mol. The summed E-state index contributed by atoms with van der Waals surface area (Å²) in [5, 5.41) is 0. The Bertz CT molecular complexity index is 590. The molecule has 0 heterocycles. The van der Waals surface area contributed by atoms with Gasteiger partial charge in [0, 0.05) is 13.3 Å². The van der Waals surface area contributed by atoms with Crippen molar-refractivity contribution in [2.24, 2.45) is 0 Å². The SMILES string of the molecule is CCCCCCCC/C=C\CCCCCCCC(=O)OCC(COC(=O)C(Cl)(Cl)Cl)OC(C)=O. The molecule has 9 heteroatoms. The molecule has 0 aromatic carbocycles. The lowest BCUT2D eigenvalue weighted by Crippen LogP contribution is -2.32. The largest absolute Gasteiger partial charge is 0.462 e. The molecule has 0 aliphatic heterocycles. The zero-order valence-corrected chi connectivity index (χ0v) is 22.9. The van der Waals surface area contributed by atoms with E-state index in [-0.39, 0.29) is 19.6 Å². The molecule has 1 atom stereocenters. The number of allylic oxidation sites excluding steroid dienone is 2. The number of halogens is 3. The number of hydrogen-bond donors (Lipinski definition) is 0. The predicted octanol–water partition coefficient (Wildman–Crippen LogP) is 7.41. The second kappa shape index (κ2) is 21.3. The molecule has 0 radical (unpaired) electrons. The highest BCUT2D eigenvalue weighted by atomic mass is 35.6. The second-order valence-electron chi connectivity index (χ2n) is 8.34. The molecule has 1 unspecified atom stereocenters. The smallest absolute Gasteiger partial charge is 0.358 e. The summed E-state index contributed by atoms with van der Waals surface area (Å²) in [6, 6.07) is 0. The number of ether oxygens (including phenoxy) is 3. The minimum Gasteiger partial charge on any atom is -0.462 e. The molecule has 0 fully saturated rings. The number of alkyl halides is 3. The number of carbonyl (C=O) groups is 3. The molecule has 34 heavy (non-hydrogen) atoms. The quantitative estimate of drug-likeness (QED) is 0.0523. The monoisotopic (exact) mass is 542 g/mol. The number of rotatable bonds is 20. The van der Waals surface area contributed by atoms with Crippen LogP contribution in [0.15, 0.2) is 12.2 Å². The number of unbranched alkanes of at least 4 members (excludes halogenated alkanes) is 11. The minimum atomic E-state index is -2.23. The van der Waals surface area contributed by atoms with Crippen molar-refractivity contribution in [2.45, 2.75) is 114 Å². The van der Waals surface area contributed by atoms with Crippen molar-refractivity contribution in [3.05, 3.63) is 12.2 Å². The van der Waals surface area contributed by atoms with Crippen molar-refractivity contribution in [3.8, 4) is 0 Å². The van der Waals surface area contributed by atoms with E-state index in [1.54, 1.807) is 0 Å². The molecule has 0 aliphatic rings. The van der Waals surface area contributed by atoms with Gasteiger partial charge in [0.05, 0.1) is 0 Å². The summed E-state index contributed by atoms with van der Waals surface area (Å²) in [6.45, 7) is 2.81. The van der Waals surface area contributed by atoms with Gasteiger partial charge in [0.1, 0.15) is 13.2 Å². The molecule has 6 nitrogen and oxygen atoms in total. The van der Waals surface area contributed by atoms with Crippen molar-refractivity contribution in [3.63, 3.8) is 0 Å². The van der Waals surface area contributed by atoms with Crippen molar-refractivity contribution >= 4 is 52.7 Å². The van der Waals surface area contributed by atoms with Gasteiger partial charge in [-0.15, -0.1) is 0 Å². The molecule has 0 aliphatic carbocycles. The molecule has 0 spiro atoms. The fraction of sp³-hybridized carbons (Fsp3) is 0.800. The van der Waals surface area contributed by atoms with Gasteiger partial charge in [-0.1, -0.05) is 105 Å². The van der Waals surface area contributed by atoms with Crippen molar-refractivity contribution in [1.82, 2.24) is 0 Å². The summed E-state index contributed by atoms with van der Waals surface area (Å²) in [5.74, 6) is -2.11. The lowest BCUT2D eigenvalue weighted by Gasteiger charge is -2.18. The van der Waals surface area contributed by atoms with Crippen LogP contribution in [0.3, 0.4) is 0 Å². The van der Waals surface area contributed by atoms with Gasteiger partial charge in [0.15, 0.2) is 6.10 Å². The van der Waals surface area contributed by atoms with Crippen LogP contribution in [0.1, 0.15) is 104 Å². The topological polar surface area (TPSA) is 78.9 Å².